The van der Waals surface area contributed by atoms with Crippen molar-refractivity contribution in [3.8, 4) is 0 Å². The Hall–Kier alpha value is -1.72. The molecule has 2 rings (SSSR count). The van der Waals surface area contributed by atoms with Crippen LogP contribution in [0.2, 0.25) is 0 Å². The Morgan fingerprint density at radius 1 is 1.00 bits per heavy atom. The lowest BCUT2D eigenvalue weighted by molar-refractivity contribution is -0.167. The van der Waals surface area contributed by atoms with Crippen molar-refractivity contribution in [3.63, 3.8) is 0 Å². The number of piperidine rings is 2. The maximum absolute atomic E-state index is 12.2. The first kappa shape index (κ1) is 13.7. The average Bonchev–Trinajstić information content (AvgIpc) is 2.21. The maximum Gasteiger partial charge on any atom is 0.252 e. The highest BCUT2D eigenvalue weighted by Gasteiger charge is 2.51. The topological polar surface area (TPSA) is 83.6 Å². The molecule has 4 amide bonds. The second kappa shape index (κ2) is 4.15. The van der Waals surface area contributed by atoms with Crippen molar-refractivity contribution in [3.05, 3.63) is 0 Å². The third kappa shape index (κ3) is 2.27. The molecule has 6 nitrogen and oxygen atoms in total. The van der Waals surface area contributed by atoms with Crippen LogP contribution in [0.1, 0.15) is 46.5 Å². The van der Waals surface area contributed by atoms with Gasteiger partial charge in [0.2, 0.25) is 17.7 Å². The van der Waals surface area contributed by atoms with Crippen LogP contribution in [0, 0.1) is 5.41 Å². The van der Waals surface area contributed by atoms with E-state index in [4.69, 9.17) is 0 Å². The molecule has 2 aliphatic heterocycles. The summed E-state index contributed by atoms with van der Waals surface area (Å²) in [5.74, 6) is -1.61. The first-order valence-corrected chi connectivity index (χ1v) is 6.36. The normalized spacial score (nSPS) is 31.4. The molecule has 0 aromatic rings. The number of nitrogens with one attached hydrogen (secondary N) is 1. The third-order valence-electron chi connectivity index (χ3n) is 3.83. The molecule has 2 fully saturated rings. The molecule has 0 aliphatic carbocycles. The zero-order valence-corrected chi connectivity index (χ0v) is 11.4. The second-order valence-corrected chi connectivity index (χ2v) is 6.29. The molecule has 2 heterocycles. The Balaban J connectivity index is 2.30. The van der Waals surface area contributed by atoms with Crippen molar-refractivity contribution in [2.24, 2.45) is 5.41 Å². The van der Waals surface area contributed by atoms with Crippen molar-refractivity contribution >= 4 is 23.6 Å². The predicted molar refractivity (Wildman–Crippen MR) is 65.7 cm³/mol. The third-order valence-corrected chi connectivity index (χ3v) is 3.83. The van der Waals surface area contributed by atoms with E-state index < -0.39 is 11.4 Å². The van der Waals surface area contributed by atoms with Gasteiger partial charge in [-0.1, -0.05) is 13.8 Å². The predicted octanol–water partition coefficient (Wildman–Crippen LogP) is 0.357. The fourth-order valence-corrected chi connectivity index (χ4v) is 2.74. The number of hydrogen-bond acceptors (Lipinski definition) is 4. The first-order valence-electron chi connectivity index (χ1n) is 6.36. The van der Waals surface area contributed by atoms with Crippen LogP contribution >= 0.6 is 0 Å². The van der Waals surface area contributed by atoms with E-state index in [1.165, 1.54) is 0 Å². The van der Waals surface area contributed by atoms with Gasteiger partial charge >= 0.3 is 0 Å². The standard InChI is InChI=1S/C13H18N2O4/c1-12(2)6-9(17)15(10(18)7-12)13(3)5-4-8(16)14-11(13)19/h4-7H2,1-3H3,(H,14,16,19). The summed E-state index contributed by atoms with van der Waals surface area (Å²) in [6.07, 6.45) is 0.795. The van der Waals surface area contributed by atoms with Crippen LogP contribution in [0.25, 0.3) is 0 Å². The minimum atomic E-state index is -1.24. The van der Waals surface area contributed by atoms with E-state index >= 15 is 0 Å². The molecule has 0 aromatic heterocycles. The Bertz CT molecular complexity index is 463. The number of hydrogen-bond donors (Lipinski definition) is 1. The van der Waals surface area contributed by atoms with Gasteiger partial charge in [0.05, 0.1) is 0 Å². The van der Waals surface area contributed by atoms with Gasteiger partial charge in [0.25, 0.3) is 5.91 Å². The van der Waals surface area contributed by atoms with E-state index in [2.05, 4.69) is 5.32 Å². The minimum absolute atomic E-state index is 0.142. The van der Waals surface area contributed by atoms with Gasteiger partial charge in [-0.05, 0) is 18.8 Å². The van der Waals surface area contributed by atoms with E-state index in [-0.39, 0.29) is 48.8 Å². The number of carbonyl (C=O) groups excluding carboxylic acids is 4. The van der Waals surface area contributed by atoms with E-state index in [9.17, 15) is 19.2 Å². The summed E-state index contributed by atoms with van der Waals surface area (Å²) in [4.78, 5) is 48.6. The number of likely N-dealkylation sites (tertiary alicyclic amines) is 1. The van der Waals surface area contributed by atoms with Crippen LogP contribution in [-0.4, -0.2) is 34.1 Å². The highest BCUT2D eigenvalue weighted by molar-refractivity contribution is 6.09. The van der Waals surface area contributed by atoms with Crippen LogP contribution in [0.5, 0.6) is 0 Å². The lowest BCUT2D eigenvalue weighted by Crippen LogP contribution is -2.66. The monoisotopic (exact) mass is 266 g/mol. The van der Waals surface area contributed by atoms with E-state index in [1.54, 1.807) is 6.92 Å². The van der Waals surface area contributed by atoms with Crippen molar-refractivity contribution < 1.29 is 19.2 Å². The maximum atomic E-state index is 12.2. The van der Waals surface area contributed by atoms with Crippen molar-refractivity contribution in [2.75, 3.05) is 0 Å². The summed E-state index contributed by atoms with van der Waals surface area (Å²) < 4.78 is 0. The number of carbonyl (C=O) groups is 4. The van der Waals surface area contributed by atoms with Crippen molar-refractivity contribution in [2.45, 2.75) is 52.0 Å². The molecule has 6 heteroatoms. The van der Waals surface area contributed by atoms with Crippen molar-refractivity contribution in [1.82, 2.24) is 10.2 Å². The lowest BCUT2D eigenvalue weighted by atomic mass is 9.78. The minimum Gasteiger partial charge on any atom is -0.294 e. The molecule has 19 heavy (non-hydrogen) atoms. The highest BCUT2D eigenvalue weighted by Crippen LogP contribution is 2.37. The molecule has 0 radical (unpaired) electrons. The Labute approximate surface area is 111 Å². The molecule has 0 saturated carbocycles. The molecule has 1 atom stereocenters. The number of imide groups is 2. The van der Waals surface area contributed by atoms with Gasteiger partial charge in [-0.3, -0.25) is 29.4 Å². The first-order chi connectivity index (χ1) is 8.66. The zero-order chi connectivity index (χ0) is 14.4. The summed E-state index contributed by atoms with van der Waals surface area (Å²) >= 11 is 0. The van der Waals surface area contributed by atoms with Gasteiger partial charge in [-0.15, -0.1) is 0 Å². The van der Waals surface area contributed by atoms with Crippen LogP contribution in [0.3, 0.4) is 0 Å². The van der Waals surface area contributed by atoms with Gasteiger partial charge in [0, 0.05) is 19.3 Å². The number of amides is 4. The Morgan fingerprint density at radius 3 is 2.00 bits per heavy atom. The highest BCUT2D eigenvalue weighted by atomic mass is 16.2. The fraction of sp³-hybridized carbons (Fsp3) is 0.692. The molecule has 104 valence electrons. The van der Waals surface area contributed by atoms with Crippen LogP contribution in [-0.2, 0) is 19.2 Å². The van der Waals surface area contributed by atoms with Gasteiger partial charge in [0.15, 0.2) is 0 Å². The molecular formula is C13H18N2O4. The van der Waals surface area contributed by atoms with Crippen LogP contribution in [0.15, 0.2) is 0 Å². The molecule has 1 unspecified atom stereocenters. The fourth-order valence-electron chi connectivity index (χ4n) is 2.74. The lowest BCUT2D eigenvalue weighted by Gasteiger charge is -2.45. The second-order valence-electron chi connectivity index (χ2n) is 6.29. The quantitative estimate of drug-likeness (QED) is 0.694. The van der Waals surface area contributed by atoms with E-state index in [0.717, 1.165) is 4.90 Å². The molecule has 2 aliphatic rings. The summed E-state index contributed by atoms with van der Waals surface area (Å²) in [6, 6.07) is 0. The molecule has 1 N–H and O–H groups in total. The summed E-state index contributed by atoms with van der Waals surface area (Å²) in [7, 11) is 0. The largest absolute Gasteiger partial charge is 0.294 e. The zero-order valence-electron chi connectivity index (χ0n) is 11.4. The Morgan fingerprint density at radius 2 is 1.53 bits per heavy atom. The van der Waals surface area contributed by atoms with Gasteiger partial charge < -0.3 is 0 Å². The average molecular weight is 266 g/mol. The van der Waals surface area contributed by atoms with Gasteiger partial charge in [-0.2, -0.15) is 0 Å². The molecule has 0 aromatic carbocycles. The van der Waals surface area contributed by atoms with Crippen LogP contribution in [0.4, 0.5) is 0 Å². The summed E-state index contributed by atoms with van der Waals surface area (Å²) in [6.45, 7) is 5.25. The van der Waals surface area contributed by atoms with Crippen molar-refractivity contribution in [1.29, 1.82) is 0 Å². The summed E-state index contributed by atoms with van der Waals surface area (Å²) in [5, 5.41) is 2.21. The Kier molecular flexibility index (Phi) is 2.99. The molecule has 0 bridgehead atoms. The summed E-state index contributed by atoms with van der Waals surface area (Å²) in [5.41, 5.74) is -1.61. The van der Waals surface area contributed by atoms with Gasteiger partial charge in [-0.25, -0.2) is 0 Å². The number of nitrogens with zero attached hydrogens (tertiary/aromatic N) is 1. The number of rotatable bonds is 1. The molecule has 0 spiro atoms. The smallest absolute Gasteiger partial charge is 0.252 e. The SMILES string of the molecule is CC1(C)CC(=O)N(C2(C)CCC(=O)NC2=O)C(=O)C1. The van der Waals surface area contributed by atoms with Crippen LogP contribution < -0.4 is 5.32 Å². The van der Waals surface area contributed by atoms with E-state index in [1.807, 2.05) is 13.8 Å². The van der Waals surface area contributed by atoms with E-state index in [0.29, 0.717) is 0 Å². The molecule has 2 saturated heterocycles. The molecular weight excluding hydrogens is 248 g/mol. The van der Waals surface area contributed by atoms with Gasteiger partial charge in [0.1, 0.15) is 5.54 Å².